The number of aromatic nitrogens is 2. The summed E-state index contributed by atoms with van der Waals surface area (Å²) < 4.78 is 22.0. The number of imidazole rings is 1. The Morgan fingerprint density at radius 3 is 2.59 bits per heavy atom. The quantitative estimate of drug-likeness (QED) is 0.666. The lowest BCUT2D eigenvalue weighted by molar-refractivity contribution is -0.138. The van der Waals surface area contributed by atoms with E-state index >= 15 is 0 Å². The lowest BCUT2D eigenvalue weighted by atomic mass is 10.0. The molecule has 3 aromatic rings. The van der Waals surface area contributed by atoms with E-state index in [-0.39, 0.29) is 11.7 Å². The van der Waals surface area contributed by atoms with Crippen molar-refractivity contribution in [3.8, 4) is 0 Å². The summed E-state index contributed by atoms with van der Waals surface area (Å²) in [6.45, 7) is 2.59. The molecule has 1 aliphatic rings. The Kier molecular flexibility index (Phi) is 5.60. The highest BCUT2D eigenvalue weighted by molar-refractivity contribution is 5.83. The van der Waals surface area contributed by atoms with Crippen molar-refractivity contribution < 1.29 is 13.9 Å². The van der Waals surface area contributed by atoms with Crippen LogP contribution >= 0.6 is 0 Å². The number of aryl methyl sites for hydroxylation is 1. The van der Waals surface area contributed by atoms with Gasteiger partial charge in [0.1, 0.15) is 17.7 Å². The summed E-state index contributed by atoms with van der Waals surface area (Å²) in [5.41, 5.74) is 2.31. The Morgan fingerprint density at radius 1 is 1.17 bits per heavy atom. The van der Waals surface area contributed by atoms with Gasteiger partial charge in [-0.25, -0.2) is 9.37 Å². The van der Waals surface area contributed by atoms with Crippen LogP contribution in [0.1, 0.15) is 17.4 Å². The Labute approximate surface area is 169 Å². The largest absolute Gasteiger partial charge is 0.379 e. The lowest BCUT2D eigenvalue weighted by Gasteiger charge is -2.36. The van der Waals surface area contributed by atoms with Gasteiger partial charge in [0.05, 0.1) is 30.8 Å². The van der Waals surface area contributed by atoms with Crippen molar-refractivity contribution in [1.29, 1.82) is 0 Å². The Bertz CT molecular complexity index is 1010. The van der Waals surface area contributed by atoms with Crippen molar-refractivity contribution in [2.24, 2.45) is 7.05 Å². The fraction of sp³-hybridized carbons (Fsp3) is 0.364. The van der Waals surface area contributed by atoms with E-state index in [2.05, 4.69) is 4.98 Å². The maximum atomic E-state index is 14.6. The number of hydrogen-bond acceptors (Lipinski definition) is 4. The molecule has 0 spiro atoms. The number of carbonyl (C=O) groups excluding carboxylic acids is 1. The van der Waals surface area contributed by atoms with Gasteiger partial charge in [0.25, 0.3) is 0 Å². The molecular formula is C22H25FN4O2. The molecule has 1 aliphatic heterocycles. The number of morpholine rings is 1. The molecule has 4 rings (SSSR count). The molecule has 2 heterocycles. The summed E-state index contributed by atoms with van der Waals surface area (Å²) in [6.07, 6.45) is 0. The third-order valence-corrected chi connectivity index (χ3v) is 5.48. The molecule has 1 atom stereocenters. The van der Waals surface area contributed by atoms with Crippen molar-refractivity contribution in [2.75, 3.05) is 33.4 Å². The molecule has 0 unspecified atom stereocenters. The Hall–Kier alpha value is -2.77. The highest BCUT2D eigenvalue weighted by Gasteiger charge is 2.33. The maximum absolute atomic E-state index is 14.6. The minimum Gasteiger partial charge on any atom is -0.379 e. The molecule has 1 amide bonds. The van der Waals surface area contributed by atoms with Crippen molar-refractivity contribution >= 4 is 16.9 Å². The number of halogens is 1. The van der Waals surface area contributed by atoms with Crippen molar-refractivity contribution in [3.05, 3.63) is 65.7 Å². The second-order valence-corrected chi connectivity index (χ2v) is 7.34. The molecule has 0 bridgehead atoms. The van der Waals surface area contributed by atoms with E-state index in [1.165, 1.54) is 6.07 Å². The first-order valence-corrected chi connectivity index (χ1v) is 9.78. The number of rotatable bonds is 5. The number of nitrogens with zero attached hydrogens (tertiary/aromatic N) is 4. The molecule has 2 aromatic carbocycles. The van der Waals surface area contributed by atoms with Crippen molar-refractivity contribution in [3.63, 3.8) is 0 Å². The predicted molar refractivity (Wildman–Crippen MR) is 109 cm³/mol. The molecule has 7 heteroatoms. The Morgan fingerprint density at radius 2 is 1.86 bits per heavy atom. The number of benzene rings is 2. The second-order valence-electron chi connectivity index (χ2n) is 7.34. The summed E-state index contributed by atoms with van der Waals surface area (Å²) in [5, 5.41) is 0. The summed E-state index contributed by atoms with van der Waals surface area (Å²) in [6, 6.07) is 13.7. The number of para-hydroxylation sites is 2. The van der Waals surface area contributed by atoms with Crippen LogP contribution in [0.3, 0.4) is 0 Å². The minimum atomic E-state index is -0.681. The first-order valence-electron chi connectivity index (χ1n) is 9.78. The molecule has 6 nitrogen and oxygen atoms in total. The summed E-state index contributed by atoms with van der Waals surface area (Å²) in [5.74, 6) is 0.272. The van der Waals surface area contributed by atoms with Gasteiger partial charge in [-0.15, -0.1) is 0 Å². The standard InChI is InChI=1S/C22H25FN4O2/c1-25(15-20-24-18-9-5-6-10-19(18)26(20)2)22(28)21(27-11-13-29-14-12-27)16-7-3-4-8-17(16)23/h3-10,21H,11-15H2,1-2H3/t21-/m0/s1. The zero-order chi connectivity index (χ0) is 20.4. The number of hydrogen-bond donors (Lipinski definition) is 0. The van der Waals surface area contributed by atoms with Gasteiger partial charge in [-0.3, -0.25) is 9.69 Å². The van der Waals surface area contributed by atoms with Crippen LogP contribution in [0.4, 0.5) is 4.39 Å². The molecule has 29 heavy (non-hydrogen) atoms. The van der Waals surface area contributed by atoms with Crippen molar-refractivity contribution in [2.45, 2.75) is 12.6 Å². The summed E-state index contributed by atoms with van der Waals surface area (Å²) >= 11 is 0. The third-order valence-electron chi connectivity index (χ3n) is 5.48. The van der Waals surface area contributed by atoms with E-state index in [9.17, 15) is 9.18 Å². The van der Waals surface area contributed by atoms with Gasteiger partial charge >= 0.3 is 0 Å². The normalized spacial score (nSPS) is 16.1. The summed E-state index contributed by atoms with van der Waals surface area (Å²) in [4.78, 5) is 21.8. The predicted octanol–water partition coefficient (Wildman–Crippen LogP) is 2.74. The van der Waals surface area contributed by atoms with Crippen LogP contribution in [0.25, 0.3) is 11.0 Å². The SMILES string of the molecule is CN(Cc1nc2ccccc2n1C)C(=O)[C@H](c1ccccc1F)N1CCOCC1. The topological polar surface area (TPSA) is 50.6 Å². The van der Waals surface area contributed by atoms with Crippen LogP contribution < -0.4 is 0 Å². The van der Waals surface area contributed by atoms with E-state index in [1.807, 2.05) is 40.8 Å². The smallest absolute Gasteiger partial charge is 0.244 e. The van der Waals surface area contributed by atoms with Gasteiger partial charge in [0.2, 0.25) is 5.91 Å². The molecule has 0 radical (unpaired) electrons. The van der Waals surface area contributed by atoms with Crippen LogP contribution in [-0.2, 0) is 23.1 Å². The van der Waals surface area contributed by atoms with Gasteiger partial charge in [-0.05, 0) is 18.2 Å². The van der Waals surface area contributed by atoms with E-state index in [0.29, 0.717) is 38.4 Å². The third kappa shape index (κ3) is 3.88. The molecule has 1 aromatic heterocycles. The zero-order valence-corrected chi connectivity index (χ0v) is 16.7. The molecule has 0 saturated carbocycles. The van der Waals surface area contributed by atoms with Crippen LogP contribution in [0.2, 0.25) is 0 Å². The average molecular weight is 396 g/mol. The van der Waals surface area contributed by atoms with Crippen LogP contribution in [0, 0.1) is 5.82 Å². The first-order chi connectivity index (χ1) is 14.1. The molecule has 1 saturated heterocycles. The number of fused-ring (bicyclic) bond motifs is 1. The number of carbonyl (C=O) groups is 1. The molecule has 1 fully saturated rings. The maximum Gasteiger partial charge on any atom is 0.244 e. The zero-order valence-electron chi connectivity index (χ0n) is 16.7. The van der Waals surface area contributed by atoms with E-state index in [1.54, 1.807) is 30.1 Å². The number of amides is 1. The van der Waals surface area contributed by atoms with E-state index < -0.39 is 6.04 Å². The first kappa shape index (κ1) is 19.5. The minimum absolute atomic E-state index is 0.149. The Balaban J connectivity index is 1.62. The number of ether oxygens (including phenoxy) is 1. The monoisotopic (exact) mass is 396 g/mol. The lowest BCUT2D eigenvalue weighted by Crippen LogP contribution is -2.46. The molecule has 152 valence electrons. The van der Waals surface area contributed by atoms with Gasteiger partial charge in [0.15, 0.2) is 0 Å². The molecular weight excluding hydrogens is 371 g/mol. The highest BCUT2D eigenvalue weighted by Crippen LogP contribution is 2.27. The summed E-state index contributed by atoms with van der Waals surface area (Å²) in [7, 11) is 3.69. The van der Waals surface area contributed by atoms with Gasteiger partial charge < -0.3 is 14.2 Å². The fourth-order valence-corrected chi connectivity index (χ4v) is 3.85. The second kappa shape index (κ2) is 8.31. The average Bonchev–Trinajstić information content (AvgIpc) is 3.06. The molecule has 0 N–H and O–H groups in total. The van der Waals surface area contributed by atoms with E-state index in [0.717, 1.165) is 16.9 Å². The van der Waals surface area contributed by atoms with Crippen molar-refractivity contribution in [1.82, 2.24) is 19.4 Å². The van der Waals surface area contributed by atoms with Gasteiger partial charge in [-0.1, -0.05) is 30.3 Å². The molecule has 0 aliphatic carbocycles. The van der Waals surface area contributed by atoms with Gasteiger partial charge in [0, 0.05) is 32.7 Å². The van der Waals surface area contributed by atoms with Crippen LogP contribution in [-0.4, -0.2) is 58.6 Å². The highest BCUT2D eigenvalue weighted by atomic mass is 19.1. The van der Waals surface area contributed by atoms with Gasteiger partial charge in [-0.2, -0.15) is 0 Å². The van der Waals surface area contributed by atoms with E-state index in [4.69, 9.17) is 4.74 Å². The number of likely N-dealkylation sites (N-methyl/N-ethyl adjacent to an activating group) is 1. The van der Waals surface area contributed by atoms with Crippen LogP contribution in [0.5, 0.6) is 0 Å². The fourth-order valence-electron chi connectivity index (χ4n) is 3.85. The van der Waals surface area contributed by atoms with Crippen LogP contribution in [0.15, 0.2) is 48.5 Å².